The van der Waals surface area contributed by atoms with Crippen LogP contribution in [0.15, 0.2) is 24.3 Å². The van der Waals surface area contributed by atoms with Gasteiger partial charge in [0.15, 0.2) is 0 Å². The van der Waals surface area contributed by atoms with E-state index in [-0.39, 0.29) is 5.97 Å². The van der Waals surface area contributed by atoms with Crippen molar-refractivity contribution in [2.24, 2.45) is 0 Å². The highest BCUT2D eigenvalue weighted by Gasteiger charge is 2.02. The number of esters is 1. The van der Waals surface area contributed by atoms with Crippen molar-refractivity contribution < 1.29 is 19.3 Å². The molecule has 15 heavy (non-hydrogen) atoms. The highest BCUT2D eigenvalue weighted by Crippen LogP contribution is 2.07. The summed E-state index contributed by atoms with van der Waals surface area (Å²) in [5.74, 6) is -0.240. The number of carbonyl (C=O) groups is 1. The third-order valence-corrected chi connectivity index (χ3v) is 1.94. The minimum absolute atomic E-state index is 0.240. The standard InChI is InChI=1S/C11H14O4/c1-13-11(12)7-9-3-5-10(6-4-9)8-15-14-2/h3-6H,7-8H2,1-2H3. The van der Waals surface area contributed by atoms with Gasteiger partial charge < -0.3 is 4.74 Å². The Morgan fingerprint density at radius 3 is 2.27 bits per heavy atom. The van der Waals surface area contributed by atoms with Gasteiger partial charge in [-0.3, -0.25) is 4.79 Å². The first-order valence-corrected chi connectivity index (χ1v) is 4.56. The molecule has 0 fully saturated rings. The van der Waals surface area contributed by atoms with Crippen LogP contribution in [0.5, 0.6) is 0 Å². The van der Waals surface area contributed by atoms with Crippen LogP contribution in [0.3, 0.4) is 0 Å². The van der Waals surface area contributed by atoms with Gasteiger partial charge in [-0.1, -0.05) is 24.3 Å². The third kappa shape index (κ3) is 4.10. The van der Waals surface area contributed by atoms with Crippen molar-refractivity contribution in [3.63, 3.8) is 0 Å². The Hall–Kier alpha value is -1.39. The molecule has 0 aliphatic carbocycles. The Labute approximate surface area is 88.7 Å². The lowest BCUT2D eigenvalue weighted by Gasteiger charge is -2.03. The predicted molar refractivity (Wildman–Crippen MR) is 54.0 cm³/mol. The number of ether oxygens (including phenoxy) is 1. The van der Waals surface area contributed by atoms with E-state index in [9.17, 15) is 4.79 Å². The zero-order chi connectivity index (χ0) is 11.1. The fraction of sp³-hybridized carbons (Fsp3) is 0.364. The quantitative estimate of drug-likeness (QED) is 0.419. The lowest BCUT2D eigenvalue weighted by molar-refractivity contribution is -0.282. The summed E-state index contributed by atoms with van der Waals surface area (Å²) in [6.07, 6.45) is 0.294. The van der Waals surface area contributed by atoms with Crippen molar-refractivity contribution in [2.75, 3.05) is 14.2 Å². The Morgan fingerprint density at radius 2 is 1.73 bits per heavy atom. The zero-order valence-electron chi connectivity index (χ0n) is 8.86. The molecule has 82 valence electrons. The molecule has 0 N–H and O–H groups in total. The number of hydrogen-bond acceptors (Lipinski definition) is 4. The van der Waals surface area contributed by atoms with Gasteiger partial charge in [0.1, 0.15) is 6.61 Å². The molecule has 0 aliphatic rings. The maximum Gasteiger partial charge on any atom is 0.309 e. The summed E-state index contributed by atoms with van der Waals surface area (Å²) in [4.78, 5) is 20.2. The smallest absolute Gasteiger partial charge is 0.309 e. The van der Waals surface area contributed by atoms with Gasteiger partial charge in [0, 0.05) is 0 Å². The molecule has 1 aromatic rings. The molecule has 0 spiro atoms. The van der Waals surface area contributed by atoms with Crippen molar-refractivity contribution in [3.05, 3.63) is 35.4 Å². The van der Waals surface area contributed by atoms with Crippen molar-refractivity contribution in [1.82, 2.24) is 0 Å². The van der Waals surface area contributed by atoms with Crippen LogP contribution in [-0.2, 0) is 32.3 Å². The van der Waals surface area contributed by atoms with Crippen LogP contribution < -0.4 is 0 Å². The van der Waals surface area contributed by atoms with Gasteiger partial charge in [0.25, 0.3) is 0 Å². The molecule has 4 nitrogen and oxygen atoms in total. The molecule has 0 atom stereocenters. The molecule has 0 unspecified atom stereocenters. The monoisotopic (exact) mass is 210 g/mol. The Balaban J connectivity index is 2.52. The second-order valence-corrected chi connectivity index (χ2v) is 3.00. The summed E-state index contributed by atoms with van der Waals surface area (Å²) in [6, 6.07) is 7.51. The molecule has 0 saturated heterocycles. The van der Waals surface area contributed by atoms with E-state index >= 15 is 0 Å². The molecule has 0 aliphatic heterocycles. The van der Waals surface area contributed by atoms with E-state index in [1.165, 1.54) is 14.2 Å². The Kier molecular flexibility index (Phi) is 4.80. The van der Waals surface area contributed by atoms with Gasteiger partial charge in [-0.15, -0.1) is 0 Å². The van der Waals surface area contributed by atoms with E-state index in [0.29, 0.717) is 13.0 Å². The van der Waals surface area contributed by atoms with Crippen LogP contribution >= 0.6 is 0 Å². The Morgan fingerprint density at radius 1 is 1.13 bits per heavy atom. The minimum Gasteiger partial charge on any atom is -0.469 e. The normalized spacial score (nSPS) is 10.0. The van der Waals surface area contributed by atoms with E-state index in [1.54, 1.807) is 0 Å². The Bertz CT molecular complexity index is 305. The number of hydrogen-bond donors (Lipinski definition) is 0. The van der Waals surface area contributed by atoms with E-state index < -0.39 is 0 Å². The first-order chi connectivity index (χ1) is 7.26. The highest BCUT2D eigenvalue weighted by molar-refractivity contribution is 5.72. The lowest BCUT2D eigenvalue weighted by atomic mass is 10.1. The van der Waals surface area contributed by atoms with Crippen LogP contribution in [0.2, 0.25) is 0 Å². The minimum atomic E-state index is -0.240. The second kappa shape index (κ2) is 6.16. The van der Waals surface area contributed by atoms with Gasteiger partial charge in [-0.25, -0.2) is 9.78 Å². The first-order valence-electron chi connectivity index (χ1n) is 4.56. The largest absolute Gasteiger partial charge is 0.469 e. The molecule has 0 aromatic heterocycles. The molecule has 0 radical (unpaired) electrons. The summed E-state index contributed by atoms with van der Waals surface area (Å²) in [7, 11) is 2.84. The molecule has 1 rings (SSSR count). The fourth-order valence-electron chi connectivity index (χ4n) is 1.12. The SMILES string of the molecule is COOCc1ccc(CC(=O)OC)cc1. The molecule has 4 heteroatoms. The van der Waals surface area contributed by atoms with Crippen molar-refractivity contribution in [2.45, 2.75) is 13.0 Å². The second-order valence-electron chi connectivity index (χ2n) is 3.00. The van der Waals surface area contributed by atoms with Crippen LogP contribution in [0.4, 0.5) is 0 Å². The first kappa shape index (κ1) is 11.7. The van der Waals surface area contributed by atoms with E-state index in [0.717, 1.165) is 11.1 Å². The zero-order valence-corrected chi connectivity index (χ0v) is 8.86. The van der Waals surface area contributed by atoms with E-state index in [2.05, 4.69) is 9.62 Å². The van der Waals surface area contributed by atoms with E-state index in [1.807, 2.05) is 24.3 Å². The summed E-state index contributed by atoms with van der Waals surface area (Å²) in [5, 5.41) is 0. The maximum absolute atomic E-state index is 11.0. The fourth-order valence-corrected chi connectivity index (χ4v) is 1.12. The molecule has 0 bridgehead atoms. The maximum atomic E-state index is 11.0. The highest BCUT2D eigenvalue weighted by atomic mass is 17.2. The molecular formula is C11H14O4. The number of benzene rings is 1. The summed E-state index contributed by atoms with van der Waals surface area (Å²) in [6.45, 7) is 0.398. The van der Waals surface area contributed by atoms with Crippen LogP contribution in [-0.4, -0.2) is 20.2 Å². The summed E-state index contributed by atoms with van der Waals surface area (Å²) >= 11 is 0. The lowest BCUT2D eigenvalue weighted by Crippen LogP contribution is -2.04. The molecule has 1 aromatic carbocycles. The molecule has 0 amide bonds. The third-order valence-electron chi connectivity index (χ3n) is 1.94. The molecular weight excluding hydrogens is 196 g/mol. The van der Waals surface area contributed by atoms with Crippen LogP contribution in [0.25, 0.3) is 0 Å². The average molecular weight is 210 g/mol. The number of carbonyl (C=O) groups excluding carboxylic acids is 1. The predicted octanol–water partition coefficient (Wildman–Crippen LogP) is 1.48. The van der Waals surface area contributed by atoms with Crippen molar-refractivity contribution in [1.29, 1.82) is 0 Å². The van der Waals surface area contributed by atoms with Gasteiger partial charge in [0.05, 0.1) is 20.6 Å². The molecule has 0 saturated carbocycles. The topological polar surface area (TPSA) is 44.8 Å². The summed E-state index contributed by atoms with van der Waals surface area (Å²) < 4.78 is 4.57. The van der Waals surface area contributed by atoms with Gasteiger partial charge in [0.2, 0.25) is 0 Å². The average Bonchev–Trinajstić information content (AvgIpc) is 2.28. The van der Waals surface area contributed by atoms with Crippen LogP contribution in [0.1, 0.15) is 11.1 Å². The van der Waals surface area contributed by atoms with E-state index in [4.69, 9.17) is 4.89 Å². The van der Waals surface area contributed by atoms with Gasteiger partial charge in [-0.05, 0) is 11.1 Å². The number of methoxy groups -OCH3 is 1. The van der Waals surface area contributed by atoms with Gasteiger partial charge in [-0.2, -0.15) is 0 Å². The number of rotatable bonds is 5. The van der Waals surface area contributed by atoms with Crippen LogP contribution in [0, 0.1) is 0 Å². The van der Waals surface area contributed by atoms with Gasteiger partial charge >= 0.3 is 5.97 Å². The molecule has 0 heterocycles. The summed E-state index contributed by atoms with van der Waals surface area (Å²) in [5.41, 5.74) is 1.91. The van der Waals surface area contributed by atoms with Crippen molar-refractivity contribution in [3.8, 4) is 0 Å². The van der Waals surface area contributed by atoms with Crippen molar-refractivity contribution >= 4 is 5.97 Å².